The molecule has 3 atom stereocenters. The molecule has 0 bridgehead atoms. The summed E-state index contributed by atoms with van der Waals surface area (Å²) in [6.45, 7) is 2.43. The first-order valence-electron chi connectivity index (χ1n) is 7.83. The summed E-state index contributed by atoms with van der Waals surface area (Å²) in [4.78, 5) is 18.2. The van der Waals surface area contributed by atoms with E-state index in [4.69, 9.17) is 24.5 Å². The van der Waals surface area contributed by atoms with Gasteiger partial charge in [-0.15, -0.1) is 0 Å². The maximum absolute atomic E-state index is 9.10. The van der Waals surface area contributed by atoms with Crippen LogP contribution in [0.25, 0.3) is 0 Å². The molecule has 0 unspecified atom stereocenters. The standard InChI is InChI=1S/C15H21NO.C2H2O4/c1-17-13-6-2-4-11(8-13)14-7-3-5-12-9-16-10-15(12)14;3-1(4)2(5)6/h2,4,6,8,12,14-16H,3,5,7,9-10H2,1H3;(H,3,4)(H,5,6)/t12-,14+,15-;/m1./s1. The van der Waals surface area contributed by atoms with Gasteiger partial charge in [0.15, 0.2) is 0 Å². The molecule has 0 spiro atoms. The van der Waals surface area contributed by atoms with Crippen molar-refractivity contribution in [3.8, 4) is 5.75 Å². The smallest absolute Gasteiger partial charge is 0.414 e. The molecule has 6 nitrogen and oxygen atoms in total. The summed E-state index contributed by atoms with van der Waals surface area (Å²) in [7, 11) is 1.75. The van der Waals surface area contributed by atoms with Gasteiger partial charge in [0.25, 0.3) is 0 Å². The van der Waals surface area contributed by atoms with Gasteiger partial charge in [-0.1, -0.05) is 18.6 Å². The molecule has 126 valence electrons. The SMILES string of the molecule is COc1cccc([C@@H]2CCC[C@@H]3CNC[C@H]32)c1.O=C(O)C(=O)O. The van der Waals surface area contributed by atoms with Crippen molar-refractivity contribution >= 4 is 11.9 Å². The number of carboxylic acids is 2. The first kappa shape index (κ1) is 17.3. The van der Waals surface area contributed by atoms with Crippen LogP contribution in [0, 0.1) is 11.8 Å². The third-order valence-electron chi connectivity index (χ3n) is 4.70. The van der Waals surface area contributed by atoms with E-state index >= 15 is 0 Å². The number of ether oxygens (including phenoxy) is 1. The molecular formula is C17H23NO5. The highest BCUT2D eigenvalue weighted by Gasteiger charge is 2.37. The second-order valence-corrected chi connectivity index (χ2v) is 6.01. The van der Waals surface area contributed by atoms with Gasteiger partial charge < -0.3 is 20.3 Å². The second-order valence-electron chi connectivity index (χ2n) is 6.01. The monoisotopic (exact) mass is 321 g/mol. The Bertz CT molecular complexity index is 548. The van der Waals surface area contributed by atoms with Gasteiger partial charge in [-0.3, -0.25) is 0 Å². The molecule has 1 aromatic carbocycles. The normalized spacial score (nSPS) is 25.7. The fourth-order valence-corrected chi connectivity index (χ4v) is 3.64. The molecule has 0 aromatic heterocycles. The molecule has 3 rings (SSSR count). The Hall–Kier alpha value is -2.08. The number of hydrogen-bond acceptors (Lipinski definition) is 4. The summed E-state index contributed by atoms with van der Waals surface area (Å²) >= 11 is 0. The Balaban J connectivity index is 0.000000277. The van der Waals surface area contributed by atoms with Crippen molar-refractivity contribution in [2.45, 2.75) is 25.2 Å². The fraction of sp³-hybridized carbons (Fsp3) is 0.529. The number of fused-ring (bicyclic) bond motifs is 1. The van der Waals surface area contributed by atoms with Gasteiger partial charge in [-0.05, 0) is 61.4 Å². The number of benzene rings is 1. The minimum absolute atomic E-state index is 0.735. The highest BCUT2D eigenvalue weighted by Crippen LogP contribution is 2.43. The summed E-state index contributed by atoms with van der Waals surface area (Å²) in [5.41, 5.74) is 1.47. The average Bonchev–Trinajstić information content (AvgIpc) is 3.04. The third kappa shape index (κ3) is 4.45. The van der Waals surface area contributed by atoms with E-state index < -0.39 is 11.9 Å². The fourth-order valence-electron chi connectivity index (χ4n) is 3.64. The van der Waals surface area contributed by atoms with Crippen molar-refractivity contribution in [3.63, 3.8) is 0 Å². The molecule has 1 aliphatic carbocycles. The Morgan fingerprint density at radius 3 is 2.57 bits per heavy atom. The minimum Gasteiger partial charge on any atom is -0.497 e. The molecule has 6 heteroatoms. The minimum atomic E-state index is -1.82. The van der Waals surface area contributed by atoms with Crippen LogP contribution >= 0.6 is 0 Å². The molecule has 1 aromatic rings. The van der Waals surface area contributed by atoms with Gasteiger partial charge in [0, 0.05) is 0 Å². The largest absolute Gasteiger partial charge is 0.497 e. The van der Waals surface area contributed by atoms with Crippen molar-refractivity contribution in [2.75, 3.05) is 20.2 Å². The lowest BCUT2D eigenvalue weighted by molar-refractivity contribution is -0.159. The first-order valence-corrected chi connectivity index (χ1v) is 7.83. The molecular weight excluding hydrogens is 298 g/mol. The highest BCUT2D eigenvalue weighted by atomic mass is 16.5. The van der Waals surface area contributed by atoms with Crippen molar-refractivity contribution in [1.82, 2.24) is 5.32 Å². The van der Waals surface area contributed by atoms with Gasteiger partial charge in [-0.2, -0.15) is 0 Å². The topological polar surface area (TPSA) is 95.9 Å². The summed E-state index contributed by atoms with van der Waals surface area (Å²) in [6, 6.07) is 8.66. The molecule has 2 fully saturated rings. The van der Waals surface area contributed by atoms with Gasteiger partial charge >= 0.3 is 11.9 Å². The highest BCUT2D eigenvalue weighted by molar-refractivity contribution is 6.27. The van der Waals surface area contributed by atoms with Crippen molar-refractivity contribution in [1.29, 1.82) is 0 Å². The third-order valence-corrected chi connectivity index (χ3v) is 4.70. The average molecular weight is 321 g/mol. The first-order chi connectivity index (χ1) is 11.0. The van der Waals surface area contributed by atoms with Gasteiger partial charge in [0.1, 0.15) is 5.75 Å². The van der Waals surface area contributed by atoms with E-state index in [-0.39, 0.29) is 0 Å². The van der Waals surface area contributed by atoms with Crippen LogP contribution in [0.4, 0.5) is 0 Å². The Morgan fingerprint density at radius 1 is 1.17 bits per heavy atom. The predicted molar refractivity (Wildman–Crippen MR) is 84.7 cm³/mol. The Kier molecular flexibility index (Phi) is 5.98. The molecule has 1 saturated carbocycles. The van der Waals surface area contributed by atoms with E-state index in [1.54, 1.807) is 7.11 Å². The number of rotatable bonds is 2. The molecule has 3 N–H and O–H groups in total. The number of aliphatic carboxylic acids is 2. The number of carbonyl (C=O) groups is 2. The van der Waals surface area contributed by atoms with Crippen LogP contribution < -0.4 is 10.1 Å². The second kappa shape index (κ2) is 7.97. The molecule has 1 aliphatic heterocycles. The molecule has 23 heavy (non-hydrogen) atoms. The van der Waals surface area contributed by atoms with Gasteiger partial charge in [0.05, 0.1) is 7.11 Å². The van der Waals surface area contributed by atoms with Crippen LogP contribution in [0.3, 0.4) is 0 Å². The molecule has 1 saturated heterocycles. The lowest BCUT2D eigenvalue weighted by atomic mass is 9.71. The number of hydrogen-bond donors (Lipinski definition) is 3. The van der Waals surface area contributed by atoms with Crippen LogP contribution in [-0.4, -0.2) is 42.4 Å². The van der Waals surface area contributed by atoms with Crippen LogP contribution in [0.1, 0.15) is 30.7 Å². The van der Waals surface area contributed by atoms with Gasteiger partial charge in [-0.25, -0.2) is 9.59 Å². The summed E-state index contributed by atoms with van der Waals surface area (Å²) in [6.07, 6.45) is 4.14. The van der Waals surface area contributed by atoms with E-state index in [0.717, 1.165) is 23.5 Å². The van der Waals surface area contributed by atoms with Gasteiger partial charge in [0.2, 0.25) is 0 Å². The van der Waals surface area contributed by atoms with Crippen LogP contribution in [0.15, 0.2) is 24.3 Å². The van der Waals surface area contributed by atoms with Crippen molar-refractivity contribution < 1.29 is 24.5 Å². The van der Waals surface area contributed by atoms with Crippen molar-refractivity contribution in [2.24, 2.45) is 11.8 Å². The quantitative estimate of drug-likeness (QED) is 0.721. The zero-order chi connectivity index (χ0) is 16.8. The summed E-state index contributed by atoms with van der Waals surface area (Å²) in [5, 5.41) is 18.3. The molecule has 1 heterocycles. The maximum atomic E-state index is 9.10. The van der Waals surface area contributed by atoms with E-state index in [1.165, 1.54) is 37.9 Å². The lowest BCUT2D eigenvalue weighted by Crippen LogP contribution is -2.25. The lowest BCUT2D eigenvalue weighted by Gasteiger charge is -2.33. The van der Waals surface area contributed by atoms with Crippen molar-refractivity contribution in [3.05, 3.63) is 29.8 Å². The van der Waals surface area contributed by atoms with Crippen LogP contribution in [-0.2, 0) is 9.59 Å². The van der Waals surface area contributed by atoms with E-state index in [1.807, 2.05) is 6.07 Å². The zero-order valence-electron chi connectivity index (χ0n) is 13.2. The summed E-state index contributed by atoms with van der Waals surface area (Å²) < 4.78 is 5.34. The molecule has 0 amide bonds. The molecule has 2 aliphatic rings. The van der Waals surface area contributed by atoms with Crippen LogP contribution in [0.2, 0.25) is 0 Å². The zero-order valence-corrected chi connectivity index (χ0v) is 13.2. The number of nitrogens with one attached hydrogen (secondary N) is 1. The van der Waals surface area contributed by atoms with Crippen LogP contribution in [0.5, 0.6) is 5.75 Å². The predicted octanol–water partition coefficient (Wildman–Crippen LogP) is 1.95. The summed E-state index contributed by atoms with van der Waals surface area (Å²) in [5.74, 6) is -0.171. The Morgan fingerprint density at radius 2 is 1.91 bits per heavy atom. The van der Waals surface area contributed by atoms with E-state index in [0.29, 0.717) is 0 Å². The van der Waals surface area contributed by atoms with E-state index in [2.05, 4.69) is 23.5 Å². The number of methoxy groups -OCH3 is 1. The Labute approximate surface area is 135 Å². The number of carboxylic acid groups (broad SMARTS) is 2. The molecule has 0 radical (unpaired) electrons. The maximum Gasteiger partial charge on any atom is 0.414 e. The van der Waals surface area contributed by atoms with E-state index in [9.17, 15) is 0 Å².